The highest BCUT2D eigenvalue weighted by atomic mass is 19.4. The third kappa shape index (κ3) is 5.36. The van der Waals surface area contributed by atoms with E-state index >= 15 is 0 Å². The van der Waals surface area contributed by atoms with Gasteiger partial charge in [-0.2, -0.15) is 13.2 Å². The smallest absolute Gasteiger partial charge is 0.360 e. The zero-order valence-corrected chi connectivity index (χ0v) is 12.3. The first kappa shape index (κ1) is 16.8. The number of rotatable bonds is 6. The summed E-state index contributed by atoms with van der Waals surface area (Å²) in [4.78, 5) is 5.37. The second-order valence-corrected chi connectivity index (χ2v) is 5.38. The van der Waals surface area contributed by atoms with Crippen molar-refractivity contribution in [2.45, 2.75) is 52.5 Å². The normalized spacial score (nSPS) is 12.2. The zero-order valence-electron chi connectivity index (χ0n) is 12.3. The van der Waals surface area contributed by atoms with E-state index in [0.717, 1.165) is 5.56 Å². The van der Waals surface area contributed by atoms with Gasteiger partial charge in [0.1, 0.15) is 6.54 Å². The highest BCUT2D eigenvalue weighted by molar-refractivity contribution is 5.53. The first-order valence-corrected chi connectivity index (χ1v) is 6.70. The summed E-state index contributed by atoms with van der Waals surface area (Å²) in [5.41, 5.74) is 1.36. The molecule has 3 nitrogen and oxygen atoms in total. The molecule has 0 aliphatic carbocycles. The van der Waals surface area contributed by atoms with Crippen molar-refractivity contribution in [2.75, 3.05) is 11.4 Å². The van der Waals surface area contributed by atoms with E-state index in [4.69, 9.17) is 0 Å². The van der Waals surface area contributed by atoms with Crippen LogP contribution in [0.3, 0.4) is 0 Å². The van der Waals surface area contributed by atoms with Crippen LogP contribution in [0.1, 0.15) is 33.3 Å². The number of halogens is 3. The number of hydrogen-bond acceptors (Lipinski definition) is 3. The molecule has 1 aromatic heterocycles. The Hall–Kier alpha value is -1.30. The van der Waals surface area contributed by atoms with Gasteiger partial charge in [-0.3, -0.25) is 4.98 Å². The van der Waals surface area contributed by atoms with Crippen LogP contribution in [-0.4, -0.2) is 29.8 Å². The predicted octanol–water partition coefficient (Wildman–Crippen LogP) is 3.36. The predicted molar refractivity (Wildman–Crippen MR) is 74.7 cm³/mol. The van der Waals surface area contributed by atoms with Crippen LogP contribution in [0.4, 0.5) is 18.9 Å². The van der Waals surface area contributed by atoms with Gasteiger partial charge in [0.15, 0.2) is 0 Å². The Labute approximate surface area is 118 Å². The lowest BCUT2D eigenvalue weighted by molar-refractivity contribution is -0.120. The number of alkyl halides is 3. The Kier molecular flexibility index (Phi) is 5.80. The molecule has 0 aliphatic rings. The summed E-state index contributed by atoms with van der Waals surface area (Å²) in [5.74, 6) is 0. The Balaban J connectivity index is 3.01. The summed E-state index contributed by atoms with van der Waals surface area (Å²) in [6.07, 6.45) is -1.08. The molecule has 1 heterocycles. The van der Waals surface area contributed by atoms with E-state index < -0.39 is 12.7 Å². The van der Waals surface area contributed by atoms with Crippen LogP contribution >= 0.6 is 0 Å². The second kappa shape index (κ2) is 6.92. The lowest BCUT2D eigenvalue weighted by atomic mass is 10.1. The average molecular weight is 289 g/mol. The average Bonchev–Trinajstić information content (AvgIpc) is 2.32. The van der Waals surface area contributed by atoms with Crippen molar-refractivity contribution in [3.63, 3.8) is 0 Å². The maximum absolute atomic E-state index is 12.7. The quantitative estimate of drug-likeness (QED) is 0.870. The highest BCUT2D eigenvalue weighted by Crippen LogP contribution is 2.26. The van der Waals surface area contributed by atoms with E-state index in [1.54, 1.807) is 26.1 Å². The molecule has 6 heteroatoms. The van der Waals surface area contributed by atoms with Gasteiger partial charge in [0.05, 0.1) is 0 Å². The fraction of sp³-hybridized carbons (Fsp3) is 0.643. The van der Waals surface area contributed by atoms with Gasteiger partial charge in [-0.1, -0.05) is 13.8 Å². The number of nitrogens with zero attached hydrogens (tertiary/aromatic N) is 2. The molecule has 20 heavy (non-hydrogen) atoms. The van der Waals surface area contributed by atoms with Crippen LogP contribution in [0.2, 0.25) is 0 Å². The topological polar surface area (TPSA) is 28.2 Å². The third-order valence-electron chi connectivity index (χ3n) is 2.86. The lowest BCUT2D eigenvalue weighted by Gasteiger charge is -2.31. The van der Waals surface area contributed by atoms with Crippen molar-refractivity contribution in [3.8, 4) is 0 Å². The molecule has 1 N–H and O–H groups in total. The van der Waals surface area contributed by atoms with Gasteiger partial charge in [0.25, 0.3) is 0 Å². The molecule has 0 spiro atoms. The number of hydrogen-bond donors (Lipinski definition) is 1. The largest absolute Gasteiger partial charge is 0.405 e. The minimum Gasteiger partial charge on any atom is -0.360 e. The van der Waals surface area contributed by atoms with E-state index in [-0.39, 0.29) is 12.1 Å². The molecule has 0 atom stereocenters. The van der Waals surface area contributed by atoms with Crippen LogP contribution in [0.5, 0.6) is 0 Å². The summed E-state index contributed by atoms with van der Waals surface area (Å²) in [5, 5.41) is 3.21. The van der Waals surface area contributed by atoms with Gasteiger partial charge in [0.2, 0.25) is 0 Å². The van der Waals surface area contributed by atoms with Crippen molar-refractivity contribution in [3.05, 3.63) is 24.0 Å². The fourth-order valence-corrected chi connectivity index (χ4v) is 1.89. The second-order valence-electron chi connectivity index (χ2n) is 5.38. The van der Waals surface area contributed by atoms with Gasteiger partial charge in [-0.15, -0.1) is 0 Å². The van der Waals surface area contributed by atoms with Crippen LogP contribution in [0.15, 0.2) is 18.5 Å². The standard InChI is InChI=1S/C14H22F3N3/c1-10(2)19-8-12-7-18-6-5-13(12)20(11(3)4)9-14(15,16)17/h5-7,10-11,19H,8-9H2,1-4H3. The maximum atomic E-state index is 12.7. The van der Waals surface area contributed by atoms with Crippen molar-refractivity contribution >= 4 is 5.69 Å². The molecule has 0 aliphatic heterocycles. The number of nitrogens with one attached hydrogen (secondary N) is 1. The Bertz CT molecular complexity index is 416. The van der Waals surface area contributed by atoms with Crippen molar-refractivity contribution < 1.29 is 13.2 Å². The van der Waals surface area contributed by atoms with Crippen LogP contribution in [0.25, 0.3) is 0 Å². The highest BCUT2D eigenvalue weighted by Gasteiger charge is 2.32. The molecule has 1 rings (SSSR count). The van der Waals surface area contributed by atoms with Crippen molar-refractivity contribution in [1.29, 1.82) is 0 Å². The molecular weight excluding hydrogens is 267 g/mol. The third-order valence-corrected chi connectivity index (χ3v) is 2.86. The first-order valence-electron chi connectivity index (χ1n) is 6.70. The summed E-state index contributed by atoms with van der Waals surface area (Å²) in [6.45, 7) is 7.04. The van der Waals surface area contributed by atoms with Gasteiger partial charge in [0, 0.05) is 42.3 Å². The Morgan fingerprint density at radius 3 is 2.40 bits per heavy atom. The molecule has 0 unspecified atom stereocenters. The molecule has 0 amide bonds. The van der Waals surface area contributed by atoms with E-state index in [1.165, 1.54) is 11.1 Å². The SMILES string of the molecule is CC(C)NCc1cnccc1N(CC(F)(F)F)C(C)C. The minimum atomic E-state index is -4.23. The van der Waals surface area contributed by atoms with Gasteiger partial charge in [-0.25, -0.2) is 0 Å². The van der Waals surface area contributed by atoms with Gasteiger partial charge < -0.3 is 10.2 Å². The maximum Gasteiger partial charge on any atom is 0.405 e. The number of pyridine rings is 1. The van der Waals surface area contributed by atoms with Gasteiger partial charge >= 0.3 is 6.18 Å². The summed E-state index contributed by atoms with van der Waals surface area (Å²) in [7, 11) is 0. The number of anilines is 1. The monoisotopic (exact) mass is 289 g/mol. The summed E-state index contributed by atoms with van der Waals surface area (Å²) in [6, 6.07) is 1.67. The fourth-order valence-electron chi connectivity index (χ4n) is 1.89. The molecule has 0 radical (unpaired) electrons. The van der Waals surface area contributed by atoms with E-state index in [1.807, 2.05) is 13.8 Å². The summed E-state index contributed by atoms with van der Waals surface area (Å²) >= 11 is 0. The molecule has 0 fully saturated rings. The minimum absolute atomic E-state index is 0.239. The van der Waals surface area contributed by atoms with E-state index in [9.17, 15) is 13.2 Å². The first-order chi connectivity index (χ1) is 9.20. The van der Waals surface area contributed by atoms with Crippen molar-refractivity contribution in [2.24, 2.45) is 0 Å². The Morgan fingerprint density at radius 1 is 1.25 bits per heavy atom. The van der Waals surface area contributed by atoms with Crippen LogP contribution in [0, 0.1) is 0 Å². The Morgan fingerprint density at radius 2 is 1.90 bits per heavy atom. The molecule has 1 aromatic rings. The zero-order chi connectivity index (χ0) is 15.3. The van der Waals surface area contributed by atoms with Gasteiger partial charge in [-0.05, 0) is 19.9 Å². The molecule has 0 saturated heterocycles. The van der Waals surface area contributed by atoms with Crippen molar-refractivity contribution in [1.82, 2.24) is 10.3 Å². The molecule has 0 bridgehead atoms. The number of aromatic nitrogens is 1. The summed E-state index contributed by atoms with van der Waals surface area (Å²) < 4.78 is 38.2. The van der Waals surface area contributed by atoms with Crippen LogP contribution < -0.4 is 10.2 Å². The lowest BCUT2D eigenvalue weighted by Crippen LogP contribution is -2.40. The van der Waals surface area contributed by atoms with E-state index in [2.05, 4.69) is 10.3 Å². The molecule has 0 saturated carbocycles. The molecule has 114 valence electrons. The molecule has 0 aromatic carbocycles. The van der Waals surface area contributed by atoms with Crippen LogP contribution in [-0.2, 0) is 6.54 Å². The van der Waals surface area contributed by atoms with E-state index in [0.29, 0.717) is 12.2 Å². The molecular formula is C14H22F3N3.